The van der Waals surface area contributed by atoms with Crippen LogP contribution in [-0.4, -0.2) is 24.8 Å². The van der Waals surface area contributed by atoms with Crippen LogP contribution < -0.4 is 16.0 Å². The van der Waals surface area contributed by atoms with Gasteiger partial charge in [0.2, 0.25) is 17.7 Å². The average molecular weight is 261 g/mol. The molecule has 3 amide bonds. The van der Waals surface area contributed by atoms with Crippen molar-refractivity contribution in [1.29, 1.82) is 0 Å². The van der Waals surface area contributed by atoms with Crippen LogP contribution in [0, 0.1) is 5.92 Å². The molecule has 1 saturated heterocycles. The summed E-state index contributed by atoms with van der Waals surface area (Å²) in [4.78, 5) is 36.3. The maximum Gasteiger partial charge on any atom is 0.239 e. The van der Waals surface area contributed by atoms with Crippen molar-refractivity contribution in [2.24, 2.45) is 5.92 Å². The summed E-state index contributed by atoms with van der Waals surface area (Å²) in [5.41, 5.74) is 6.81. The number of nitrogens with one attached hydrogen (secondary N) is 1. The van der Waals surface area contributed by atoms with Crippen LogP contribution in [0.15, 0.2) is 24.3 Å². The number of para-hydroxylation sites is 2. The molecular formula is C13H15N3O3. The second kappa shape index (κ2) is 5.09. The highest BCUT2D eigenvalue weighted by atomic mass is 16.2. The number of carbonyl (C=O) groups is 3. The number of hydrogen-bond donors (Lipinski definition) is 2. The van der Waals surface area contributed by atoms with Crippen molar-refractivity contribution in [3.8, 4) is 0 Å². The van der Waals surface area contributed by atoms with Crippen LogP contribution in [0.2, 0.25) is 0 Å². The van der Waals surface area contributed by atoms with Crippen molar-refractivity contribution in [2.45, 2.75) is 12.8 Å². The molecule has 1 fully saturated rings. The minimum atomic E-state index is -0.831. The molecule has 1 aliphatic heterocycles. The first-order valence-corrected chi connectivity index (χ1v) is 5.96. The number of nitrogens with two attached hydrogens (primary N) is 1. The maximum absolute atomic E-state index is 12.3. The van der Waals surface area contributed by atoms with Gasteiger partial charge in [0.25, 0.3) is 0 Å². The molecule has 6 heteroatoms. The zero-order valence-electron chi connectivity index (χ0n) is 10.6. The van der Waals surface area contributed by atoms with Crippen molar-refractivity contribution in [1.82, 2.24) is 5.32 Å². The molecule has 0 aliphatic carbocycles. The number of carbonyl (C=O) groups excluding carboxylic acids is 3. The highest BCUT2D eigenvalue weighted by Gasteiger charge is 2.34. The maximum atomic E-state index is 12.3. The van der Waals surface area contributed by atoms with Gasteiger partial charge in [0.05, 0.1) is 11.4 Å². The van der Waals surface area contributed by atoms with Gasteiger partial charge >= 0.3 is 0 Å². The zero-order chi connectivity index (χ0) is 14.0. The minimum Gasteiger partial charge on any atom is -0.397 e. The molecule has 19 heavy (non-hydrogen) atoms. The lowest BCUT2D eigenvalue weighted by Gasteiger charge is -2.26. The number of rotatable bonds is 2. The summed E-state index contributed by atoms with van der Waals surface area (Å²) in [6.07, 6.45) is 0.417. The Bertz CT molecular complexity index is 542. The molecule has 1 unspecified atom stereocenters. The fourth-order valence-electron chi connectivity index (χ4n) is 2.07. The molecule has 0 bridgehead atoms. The summed E-state index contributed by atoms with van der Waals surface area (Å²) in [5.74, 6) is -2.07. The standard InChI is InChI=1S/C13H15N3O3/c1-16(10-5-3-2-4-9(10)14)13(19)8-6-7-11(17)15-12(8)18/h2-5,8H,6-7,14H2,1H3,(H,15,17,18). The van der Waals surface area contributed by atoms with Crippen LogP contribution in [0.25, 0.3) is 0 Å². The molecule has 6 nitrogen and oxygen atoms in total. The average Bonchev–Trinajstić information content (AvgIpc) is 2.38. The van der Waals surface area contributed by atoms with Crippen LogP contribution in [0.4, 0.5) is 11.4 Å². The smallest absolute Gasteiger partial charge is 0.239 e. The molecule has 1 atom stereocenters. The van der Waals surface area contributed by atoms with E-state index in [1.807, 2.05) is 0 Å². The zero-order valence-corrected chi connectivity index (χ0v) is 10.6. The molecule has 0 saturated carbocycles. The van der Waals surface area contributed by atoms with Crippen LogP contribution in [-0.2, 0) is 14.4 Å². The molecule has 1 heterocycles. The third kappa shape index (κ3) is 2.57. The van der Waals surface area contributed by atoms with Gasteiger partial charge in [-0.1, -0.05) is 12.1 Å². The predicted octanol–water partition coefficient (Wildman–Crippen LogP) is 0.284. The Hall–Kier alpha value is -2.37. The van der Waals surface area contributed by atoms with E-state index in [1.54, 1.807) is 31.3 Å². The SMILES string of the molecule is CN(C(=O)C1CCC(=O)NC1=O)c1ccccc1N. The minimum absolute atomic E-state index is 0.181. The number of benzene rings is 1. The summed E-state index contributed by atoms with van der Waals surface area (Å²) in [5, 5.41) is 2.17. The van der Waals surface area contributed by atoms with E-state index in [-0.39, 0.29) is 24.7 Å². The van der Waals surface area contributed by atoms with E-state index in [4.69, 9.17) is 5.73 Å². The highest BCUT2D eigenvalue weighted by Crippen LogP contribution is 2.24. The first-order valence-electron chi connectivity index (χ1n) is 5.96. The van der Waals surface area contributed by atoms with Gasteiger partial charge in [0.1, 0.15) is 5.92 Å². The van der Waals surface area contributed by atoms with E-state index in [0.29, 0.717) is 11.4 Å². The number of nitrogen functional groups attached to an aromatic ring is 1. The van der Waals surface area contributed by atoms with Crippen molar-refractivity contribution in [3.63, 3.8) is 0 Å². The Kier molecular flexibility index (Phi) is 3.50. The molecule has 3 N–H and O–H groups in total. The van der Waals surface area contributed by atoms with Crippen LogP contribution >= 0.6 is 0 Å². The Balaban J connectivity index is 2.18. The molecule has 100 valence electrons. The summed E-state index contributed by atoms with van der Waals surface area (Å²) >= 11 is 0. The lowest BCUT2D eigenvalue weighted by atomic mass is 9.96. The molecule has 0 spiro atoms. The lowest BCUT2D eigenvalue weighted by molar-refractivity contribution is -0.140. The summed E-state index contributed by atoms with van der Waals surface area (Å²) in [6.45, 7) is 0. The van der Waals surface area contributed by atoms with E-state index in [2.05, 4.69) is 5.32 Å². The van der Waals surface area contributed by atoms with Gasteiger partial charge in [-0.2, -0.15) is 0 Å². The Morgan fingerprint density at radius 2 is 2.05 bits per heavy atom. The van der Waals surface area contributed by atoms with Gasteiger partial charge in [0.15, 0.2) is 0 Å². The molecule has 1 aromatic rings. The van der Waals surface area contributed by atoms with Gasteiger partial charge in [-0.05, 0) is 18.6 Å². The molecule has 0 aromatic heterocycles. The highest BCUT2D eigenvalue weighted by molar-refractivity contribution is 6.13. The van der Waals surface area contributed by atoms with Crippen LogP contribution in [0.3, 0.4) is 0 Å². The van der Waals surface area contributed by atoms with Crippen molar-refractivity contribution < 1.29 is 14.4 Å². The molecule has 1 aromatic carbocycles. The topological polar surface area (TPSA) is 92.5 Å². The Labute approximate surface area is 110 Å². The predicted molar refractivity (Wildman–Crippen MR) is 70.1 cm³/mol. The van der Waals surface area contributed by atoms with E-state index >= 15 is 0 Å². The lowest BCUT2D eigenvalue weighted by Crippen LogP contribution is -2.48. The van der Waals surface area contributed by atoms with Crippen molar-refractivity contribution in [2.75, 3.05) is 17.7 Å². The van der Waals surface area contributed by atoms with Gasteiger partial charge in [-0.3, -0.25) is 19.7 Å². The summed E-state index contributed by atoms with van der Waals surface area (Å²) < 4.78 is 0. The number of amides is 3. The fraction of sp³-hybridized carbons (Fsp3) is 0.308. The van der Waals surface area contributed by atoms with E-state index < -0.39 is 11.8 Å². The summed E-state index contributed by atoms with van der Waals surface area (Å²) in [7, 11) is 1.57. The first kappa shape index (κ1) is 13.1. The second-order valence-electron chi connectivity index (χ2n) is 4.46. The van der Waals surface area contributed by atoms with Crippen LogP contribution in [0.1, 0.15) is 12.8 Å². The van der Waals surface area contributed by atoms with E-state index in [1.165, 1.54) is 4.90 Å². The molecule has 2 rings (SSSR count). The number of hydrogen-bond acceptors (Lipinski definition) is 4. The molecule has 1 aliphatic rings. The van der Waals surface area contributed by atoms with E-state index in [0.717, 1.165) is 0 Å². The van der Waals surface area contributed by atoms with Gasteiger partial charge in [0, 0.05) is 13.5 Å². The number of nitrogens with zero attached hydrogens (tertiary/aromatic N) is 1. The second-order valence-corrected chi connectivity index (χ2v) is 4.46. The monoisotopic (exact) mass is 261 g/mol. The Morgan fingerprint density at radius 1 is 1.37 bits per heavy atom. The Morgan fingerprint density at radius 3 is 2.68 bits per heavy atom. The van der Waals surface area contributed by atoms with Crippen molar-refractivity contribution in [3.05, 3.63) is 24.3 Å². The van der Waals surface area contributed by atoms with E-state index in [9.17, 15) is 14.4 Å². The van der Waals surface area contributed by atoms with Gasteiger partial charge < -0.3 is 10.6 Å². The molecular weight excluding hydrogens is 246 g/mol. The largest absolute Gasteiger partial charge is 0.397 e. The number of piperidine rings is 1. The fourth-order valence-corrected chi connectivity index (χ4v) is 2.07. The van der Waals surface area contributed by atoms with Crippen LogP contribution in [0.5, 0.6) is 0 Å². The first-order chi connectivity index (χ1) is 9.00. The number of imide groups is 1. The molecule has 0 radical (unpaired) electrons. The third-order valence-corrected chi connectivity index (χ3v) is 3.17. The number of anilines is 2. The quantitative estimate of drug-likeness (QED) is 0.454. The summed E-state index contributed by atoms with van der Waals surface area (Å²) in [6, 6.07) is 6.92. The van der Waals surface area contributed by atoms with Gasteiger partial charge in [-0.25, -0.2) is 0 Å². The third-order valence-electron chi connectivity index (χ3n) is 3.17. The van der Waals surface area contributed by atoms with Gasteiger partial charge in [-0.15, -0.1) is 0 Å². The normalized spacial score (nSPS) is 18.9. The van der Waals surface area contributed by atoms with Crippen molar-refractivity contribution >= 4 is 29.1 Å².